The van der Waals surface area contributed by atoms with Gasteiger partial charge < -0.3 is 30.9 Å². The zero-order valence-electron chi connectivity index (χ0n) is 23.4. The van der Waals surface area contributed by atoms with E-state index in [4.69, 9.17) is 10.5 Å². The van der Waals surface area contributed by atoms with Crippen LogP contribution < -0.4 is 16.4 Å². The van der Waals surface area contributed by atoms with Crippen molar-refractivity contribution in [2.75, 3.05) is 33.2 Å². The molecule has 0 aliphatic carbocycles. The molecule has 1 spiro atoms. The van der Waals surface area contributed by atoms with Gasteiger partial charge in [0.15, 0.2) is 11.6 Å². The molecular weight excluding hydrogens is 532 g/mol. The molecule has 4 N–H and O–H groups in total. The maximum atomic E-state index is 14.2. The van der Waals surface area contributed by atoms with E-state index >= 15 is 0 Å². The average Bonchev–Trinajstić information content (AvgIpc) is 3.32. The minimum atomic E-state index is -1.17. The van der Waals surface area contributed by atoms with Gasteiger partial charge in [-0.05, 0) is 61.1 Å². The van der Waals surface area contributed by atoms with Gasteiger partial charge >= 0.3 is 6.03 Å². The van der Waals surface area contributed by atoms with Crippen LogP contribution in [-0.4, -0.2) is 61.4 Å². The number of ether oxygens (including phenoxy) is 1. The fourth-order valence-corrected chi connectivity index (χ4v) is 5.83. The van der Waals surface area contributed by atoms with Crippen LogP contribution in [0.15, 0.2) is 53.7 Å². The van der Waals surface area contributed by atoms with Crippen molar-refractivity contribution in [2.24, 2.45) is 5.73 Å². The molecule has 2 aromatic rings. The highest BCUT2D eigenvalue weighted by atomic mass is 19.2. The van der Waals surface area contributed by atoms with Gasteiger partial charge in [0.1, 0.15) is 0 Å². The van der Waals surface area contributed by atoms with Crippen LogP contribution >= 0.6 is 0 Å². The molecule has 41 heavy (non-hydrogen) atoms. The molecule has 1 saturated heterocycles. The normalized spacial score (nSPS) is 17.4. The van der Waals surface area contributed by atoms with Gasteiger partial charge in [-0.1, -0.05) is 37.3 Å². The lowest BCUT2D eigenvalue weighted by Gasteiger charge is -2.39. The molecule has 1 unspecified atom stereocenters. The Morgan fingerprint density at radius 3 is 2.56 bits per heavy atom. The minimum absolute atomic E-state index is 0.0961. The maximum absolute atomic E-state index is 14.2. The topological polar surface area (TPSA) is 117 Å². The monoisotopic (exact) mass is 569 g/mol. The number of likely N-dealkylation sites (tertiary alicyclic amines) is 1. The van der Waals surface area contributed by atoms with E-state index in [9.17, 15) is 23.2 Å². The fraction of sp³-hybridized carbons (Fsp3) is 0.433. The summed E-state index contributed by atoms with van der Waals surface area (Å²) in [4.78, 5) is 40.5. The van der Waals surface area contributed by atoms with Gasteiger partial charge in [0.05, 0.1) is 23.8 Å². The molecule has 0 bridgehead atoms. The second-order valence-electron chi connectivity index (χ2n) is 10.4. The summed E-state index contributed by atoms with van der Waals surface area (Å²) in [7, 11) is 1.43. The predicted molar refractivity (Wildman–Crippen MR) is 149 cm³/mol. The van der Waals surface area contributed by atoms with Crippen molar-refractivity contribution in [3.05, 3.63) is 82.1 Å². The molecule has 9 nitrogen and oxygen atoms in total. The Bertz CT molecular complexity index is 1310. The molecule has 0 aromatic heterocycles. The summed E-state index contributed by atoms with van der Waals surface area (Å²) in [6, 6.07) is 9.79. The highest BCUT2D eigenvalue weighted by Gasteiger charge is 2.42. The SMILES string of the molecule is CC/C(NC=O)=C(\C(N)=O)C(c1ccc(F)c(F)c1)N(C)C(=O)NCCCN1CCC2(CC1)OCc1ccccc12. The first-order valence-corrected chi connectivity index (χ1v) is 13.8. The van der Waals surface area contributed by atoms with Crippen LogP contribution in [0.25, 0.3) is 0 Å². The Morgan fingerprint density at radius 2 is 1.90 bits per heavy atom. The highest BCUT2D eigenvalue weighted by Crippen LogP contribution is 2.44. The van der Waals surface area contributed by atoms with E-state index in [0.29, 0.717) is 26.0 Å². The molecule has 1 atom stereocenters. The van der Waals surface area contributed by atoms with Crippen LogP contribution in [0.4, 0.5) is 13.6 Å². The summed E-state index contributed by atoms with van der Waals surface area (Å²) in [5.41, 5.74) is 8.23. The van der Waals surface area contributed by atoms with Crippen molar-refractivity contribution in [2.45, 2.75) is 50.9 Å². The van der Waals surface area contributed by atoms with Crippen LogP contribution in [0.2, 0.25) is 0 Å². The predicted octanol–water partition coefficient (Wildman–Crippen LogP) is 3.45. The molecule has 4 amide bonds. The number of rotatable bonds is 11. The molecule has 2 heterocycles. The molecule has 220 valence electrons. The van der Waals surface area contributed by atoms with Gasteiger partial charge in [0, 0.05) is 32.4 Å². The van der Waals surface area contributed by atoms with E-state index in [1.165, 1.54) is 29.1 Å². The summed E-state index contributed by atoms with van der Waals surface area (Å²) in [6.07, 6.45) is 3.10. The van der Waals surface area contributed by atoms with E-state index < -0.39 is 29.6 Å². The van der Waals surface area contributed by atoms with E-state index in [1.807, 2.05) is 6.07 Å². The number of carbonyl (C=O) groups excluding carboxylic acids is 3. The third-order valence-electron chi connectivity index (χ3n) is 8.02. The van der Waals surface area contributed by atoms with Gasteiger partial charge in [0.25, 0.3) is 0 Å². The average molecular weight is 570 g/mol. The number of fused-ring (bicyclic) bond motifs is 2. The Labute approximate surface area is 238 Å². The van der Waals surface area contributed by atoms with Crippen LogP contribution in [0.3, 0.4) is 0 Å². The van der Waals surface area contributed by atoms with Crippen molar-refractivity contribution < 1.29 is 27.9 Å². The van der Waals surface area contributed by atoms with Gasteiger partial charge in [-0.25, -0.2) is 13.6 Å². The van der Waals surface area contributed by atoms with Gasteiger partial charge in [-0.2, -0.15) is 0 Å². The number of urea groups is 1. The van der Waals surface area contributed by atoms with E-state index in [2.05, 4.69) is 33.7 Å². The first-order chi connectivity index (χ1) is 19.7. The van der Waals surface area contributed by atoms with E-state index in [0.717, 1.165) is 44.6 Å². The van der Waals surface area contributed by atoms with Crippen LogP contribution in [-0.2, 0) is 26.5 Å². The zero-order valence-corrected chi connectivity index (χ0v) is 23.4. The lowest BCUT2D eigenvalue weighted by molar-refractivity contribution is -0.115. The number of primary amides is 1. The molecule has 1 fully saturated rings. The smallest absolute Gasteiger partial charge is 0.317 e. The quantitative estimate of drug-likeness (QED) is 0.218. The van der Waals surface area contributed by atoms with Crippen molar-refractivity contribution >= 4 is 18.3 Å². The number of amides is 4. The summed E-state index contributed by atoms with van der Waals surface area (Å²) >= 11 is 0. The number of hydrogen-bond acceptors (Lipinski definition) is 5. The molecule has 4 rings (SSSR count). The Hall–Kier alpha value is -3.83. The molecular formula is C30H37F2N5O4. The number of nitrogens with zero attached hydrogens (tertiary/aromatic N) is 2. The lowest BCUT2D eigenvalue weighted by atomic mass is 9.84. The van der Waals surface area contributed by atoms with Crippen molar-refractivity contribution in [3.8, 4) is 0 Å². The number of carbonyl (C=O) groups is 3. The number of benzene rings is 2. The van der Waals surface area contributed by atoms with Crippen LogP contribution in [0.1, 0.15) is 55.3 Å². The number of hydrogen-bond donors (Lipinski definition) is 3. The number of likely N-dealkylation sites (N-methyl/N-ethyl adjacent to an activating group) is 1. The first kappa shape index (κ1) is 30.1. The largest absolute Gasteiger partial charge is 0.366 e. The third-order valence-corrected chi connectivity index (χ3v) is 8.02. The number of nitrogens with one attached hydrogen (secondary N) is 2. The fourth-order valence-electron chi connectivity index (χ4n) is 5.83. The summed E-state index contributed by atoms with van der Waals surface area (Å²) < 4.78 is 34.1. The standard InChI is InChI=1S/C30H37F2N5O4/c1-3-25(35-19-38)26(28(33)39)27(20-9-10-23(31)24(32)17-20)36(2)29(40)34-13-6-14-37-15-11-30(12-16-37)22-8-5-4-7-21(22)18-41-30/h4-5,7-10,17,19,27H,3,6,11-16,18H2,1-2H3,(H2,33,39)(H,34,40)(H,35,38)/b26-25+. The number of allylic oxidation sites excluding steroid dienone is 1. The summed E-state index contributed by atoms with van der Waals surface area (Å²) in [6.45, 7) is 5.25. The Balaban J connectivity index is 1.38. The maximum Gasteiger partial charge on any atom is 0.317 e. The Kier molecular flexibility index (Phi) is 9.72. The van der Waals surface area contributed by atoms with E-state index in [-0.39, 0.29) is 28.9 Å². The minimum Gasteiger partial charge on any atom is -0.366 e. The summed E-state index contributed by atoms with van der Waals surface area (Å²) in [5, 5.41) is 5.30. The van der Waals surface area contributed by atoms with Gasteiger partial charge in [-0.3, -0.25) is 9.59 Å². The Morgan fingerprint density at radius 1 is 1.17 bits per heavy atom. The third kappa shape index (κ3) is 6.57. The molecule has 2 aromatic carbocycles. The van der Waals surface area contributed by atoms with Crippen molar-refractivity contribution in [3.63, 3.8) is 0 Å². The highest BCUT2D eigenvalue weighted by molar-refractivity contribution is 5.95. The molecule has 2 aliphatic heterocycles. The zero-order chi connectivity index (χ0) is 29.6. The number of halogens is 2. The number of piperidine rings is 1. The van der Waals surface area contributed by atoms with Gasteiger partial charge in [-0.15, -0.1) is 0 Å². The second kappa shape index (κ2) is 13.2. The number of nitrogens with two attached hydrogens (primary N) is 1. The molecule has 11 heteroatoms. The first-order valence-electron chi connectivity index (χ1n) is 13.8. The van der Waals surface area contributed by atoms with Crippen LogP contribution in [0, 0.1) is 11.6 Å². The van der Waals surface area contributed by atoms with Crippen LogP contribution in [0.5, 0.6) is 0 Å². The summed E-state index contributed by atoms with van der Waals surface area (Å²) in [5.74, 6) is -3.11. The van der Waals surface area contributed by atoms with Crippen molar-refractivity contribution in [1.82, 2.24) is 20.4 Å². The molecule has 0 radical (unpaired) electrons. The molecule has 2 aliphatic rings. The molecule has 0 saturated carbocycles. The lowest BCUT2D eigenvalue weighted by Crippen LogP contribution is -2.45. The van der Waals surface area contributed by atoms with Crippen molar-refractivity contribution in [1.29, 1.82) is 0 Å². The van der Waals surface area contributed by atoms with E-state index in [1.54, 1.807) is 6.92 Å². The van der Waals surface area contributed by atoms with Gasteiger partial charge in [0.2, 0.25) is 12.3 Å². The second-order valence-corrected chi connectivity index (χ2v) is 10.4.